The summed E-state index contributed by atoms with van der Waals surface area (Å²) in [4.78, 5) is 12.0. The zero-order chi connectivity index (χ0) is 13.1. The van der Waals surface area contributed by atoms with E-state index in [1.165, 1.54) is 0 Å². The summed E-state index contributed by atoms with van der Waals surface area (Å²) in [5.74, 6) is -0.157. The predicted molar refractivity (Wildman–Crippen MR) is 71.0 cm³/mol. The highest BCUT2D eigenvalue weighted by atomic mass is 16.3. The van der Waals surface area contributed by atoms with Crippen molar-refractivity contribution in [2.24, 2.45) is 0 Å². The van der Waals surface area contributed by atoms with E-state index in [0.29, 0.717) is 16.9 Å². The van der Waals surface area contributed by atoms with Crippen LogP contribution in [0.5, 0.6) is 0 Å². The molecule has 98 valence electrons. The third kappa shape index (κ3) is 3.13. The van der Waals surface area contributed by atoms with Gasteiger partial charge in [0.15, 0.2) is 0 Å². The molecule has 0 aliphatic heterocycles. The van der Waals surface area contributed by atoms with E-state index in [-0.39, 0.29) is 18.1 Å². The minimum absolute atomic E-state index is 0.128. The number of hydrogen-bond acceptors (Lipinski definition) is 4. The Hall–Kier alpha value is -1.75. The highest BCUT2D eigenvalue weighted by Crippen LogP contribution is 2.19. The molecular weight excluding hydrogens is 230 g/mol. The number of anilines is 2. The number of amides is 1. The summed E-state index contributed by atoms with van der Waals surface area (Å²) in [7, 11) is 0. The maximum Gasteiger partial charge on any atom is 0.251 e. The van der Waals surface area contributed by atoms with Crippen molar-refractivity contribution in [3.05, 3.63) is 23.8 Å². The van der Waals surface area contributed by atoms with Crippen molar-refractivity contribution in [3.8, 4) is 0 Å². The van der Waals surface area contributed by atoms with Crippen molar-refractivity contribution in [1.82, 2.24) is 5.32 Å². The van der Waals surface area contributed by atoms with Crippen molar-refractivity contribution < 1.29 is 9.90 Å². The second kappa shape index (κ2) is 5.27. The van der Waals surface area contributed by atoms with E-state index >= 15 is 0 Å². The van der Waals surface area contributed by atoms with Gasteiger partial charge >= 0.3 is 0 Å². The molecule has 0 spiro atoms. The SMILES string of the molecule is Nc1cc(N)cc(C(=O)NC2CCC(O)CC2)c1. The van der Waals surface area contributed by atoms with Crippen molar-refractivity contribution in [2.45, 2.75) is 37.8 Å². The van der Waals surface area contributed by atoms with Gasteiger partial charge in [-0.25, -0.2) is 0 Å². The molecule has 0 radical (unpaired) electrons. The molecule has 1 aliphatic carbocycles. The number of nitrogen functional groups attached to an aromatic ring is 2. The normalized spacial score (nSPS) is 23.6. The van der Waals surface area contributed by atoms with Crippen LogP contribution in [0.2, 0.25) is 0 Å². The summed E-state index contributed by atoms with van der Waals surface area (Å²) in [5.41, 5.74) is 12.8. The fourth-order valence-electron chi connectivity index (χ4n) is 2.30. The van der Waals surface area contributed by atoms with E-state index in [4.69, 9.17) is 11.5 Å². The first-order valence-electron chi connectivity index (χ1n) is 6.19. The number of aliphatic hydroxyl groups excluding tert-OH is 1. The number of aliphatic hydroxyl groups is 1. The van der Waals surface area contributed by atoms with Gasteiger partial charge in [0.25, 0.3) is 5.91 Å². The smallest absolute Gasteiger partial charge is 0.251 e. The quantitative estimate of drug-likeness (QED) is 0.584. The molecule has 1 amide bonds. The monoisotopic (exact) mass is 249 g/mol. The van der Waals surface area contributed by atoms with Gasteiger partial charge in [0.2, 0.25) is 0 Å². The van der Waals surface area contributed by atoms with E-state index in [0.717, 1.165) is 25.7 Å². The standard InChI is InChI=1S/C13H19N3O2/c14-9-5-8(6-10(15)7-9)13(18)16-11-1-3-12(17)4-2-11/h5-7,11-12,17H,1-4,14-15H2,(H,16,18). The Balaban J connectivity index is 1.99. The Bertz CT molecular complexity index is 420. The molecule has 1 saturated carbocycles. The Morgan fingerprint density at radius 1 is 1.11 bits per heavy atom. The van der Waals surface area contributed by atoms with Gasteiger partial charge in [0.05, 0.1) is 6.10 Å². The zero-order valence-corrected chi connectivity index (χ0v) is 10.2. The van der Waals surface area contributed by atoms with Crippen molar-refractivity contribution in [3.63, 3.8) is 0 Å². The van der Waals surface area contributed by atoms with Crippen LogP contribution < -0.4 is 16.8 Å². The van der Waals surface area contributed by atoms with Crippen LogP contribution in [0.1, 0.15) is 36.0 Å². The third-order valence-electron chi connectivity index (χ3n) is 3.27. The molecule has 2 rings (SSSR count). The summed E-state index contributed by atoms with van der Waals surface area (Å²) in [6.07, 6.45) is 2.88. The predicted octanol–water partition coefficient (Wildman–Crippen LogP) is 0.884. The highest BCUT2D eigenvalue weighted by Gasteiger charge is 2.21. The molecule has 0 saturated heterocycles. The molecule has 1 aromatic carbocycles. The van der Waals surface area contributed by atoms with Crippen LogP contribution >= 0.6 is 0 Å². The fourth-order valence-corrected chi connectivity index (χ4v) is 2.30. The first-order valence-corrected chi connectivity index (χ1v) is 6.19. The van der Waals surface area contributed by atoms with Gasteiger partial charge in [-0.1, -0.05) is 0 Å². The van der Waals surface area contributed by atoms with E-state index in [1.807, 2.05) is 0 Å². The van der Waals surface area contributed by atoms with Crippen molar-refractivity contribution in [1.29, 1.82) is 0 Å². The molecular formula is C13H19N3O2. The van der Waals surface area contributed by atoms with Crippen LogP contribution in [0.4, 0.5) is 11.4 Å². The molecule has 1 aliphatic rings. The molecule has 5 heteroatoms. The minimum atomic E-state index is -0.221. The van der Waals surface area contributed by atoms with Gasteiger partial charge in [0, 0.05) is 23.0 Å². The van der Waals surface area contributed by atoms with E-state index in [1.54, 1.807) is 18.2 Å². The van der Waals surface area contributed by atoms with Gasteiger partial charge in [0.1, 0.15) is 0 Å². The van der Waals surface area contributed by atoms with Gasteiger partial charge in [-0.2, -0.15) is 0 Å². The van der Waals surface area contributed by atoms with Gasteiger partial charge in [-0.05, 0) is 43.9 Å². The molecule has 0 bridgehead atoms. The summed E-state index contributed by atoms with van der Waals surface area (Å²) in [6.45, 7) is 0. The topological polar surface area (TPSA) is 101 Å². The number of carbonyl (C=O) groups excluding carboxylic acids is 1. The molecule has 0 heterocycles. The Labute approximate surface area is 106 Å². The van der Waals surface area contributed by atoms with Crippen LogP contribution in [0.25, 0.3) is 0 Å². The maximum atomic E-state index is 12.0. The second-order valence-electron chi connectivity index (χ2n) is 4.87. The summed E-state index contributed by atoms with van der Waals surface area (Å²) >= 11 is 0. The molecule has 5 nitrogen and oxygen atoms in total. The van der Waals surface area contributed by atoms with Crippen molar-refractivity contribution in [2.75, 3.05) is 11.5 Å². The van der Waals surface area contributed by atoms with Crippen LogP contribution in [0.3, 0.4) is 0 Å². The van der Waals surface area contributed by atoms with Gasteiger partial charge in [-0.3, -0.25) is 4.79 Å². The second-order valence-corrected chi connectivity index (χ2v) is 4.87. The third-order valence-corrected chi connectivity index (χ3v) is 3.27. The number of hydrogen-bond donors (Lipinski definition) is 4. The largest absolute Gasteiger partial charge is 0.399 e. The summed E-state index contributed by atoms with van der Waals surface area (Å²) in [6, 6.07) is 4.98. The molecule has 0 atom stereocenters. The Morgan fingerprint density at radius 2 is 1.67 bits per heavy atom. The van der Waals surface area contributed by atoms with Crippen LogP contribution in [0, 0.1) is 0 Å². The number of rotatable bonds is 2. The molecule has 1 fully saturated rings. The first-order chi connectivity index (χ1) is 8.54. The maximum absolute atomic E-state index is 12.0. The Kier molecular flexibility index (Phi) is 3.72. The number of carbonyl (C=O) groups is 1. The first kappa shape index (κ1) is 12.7. The number of nitrogens with one attached hydrogen (secondary N) is 1. The lowest BCUT2D eigenvalue weighted by Crippen LogP contribution is -2.38. The average molecular weight is 249 g/mol. The lowest BCUT2D eigenvalue weighted by molar-refractivity contribution is 0.0867. The van der Waals surface area contributed by atoms with E-state index in [2.05, 4.69) is 5.32 Å². The zero-order valence-electron chi connectivity index (χ0n) is 10.2. The summed E-state index contributed by atoms with van der Waals surface area (Å²) in [5, 5.41) is 12.4. The minimum Gasteiger partial charge on any atom is -0.399 e. The van der Waals surface area contributed by atoms with Gasteiger partial charge in [-0.15, -0.1) is 0 Å². The van der Waals surface area contributed by atoms with E-state index in [9.17, 15) is 9.90 Å². The molecule has 6 N–H and O–H groups in total. The molecule has 0 aromatic heterocycles. The van der Waals surface area contributed by atoms with Crippen LogP contribution in [-0.2, 0) is 0 Å². The number of nitrogens with two attached hydrogens (primary N) is 2. The lowest BCUT2D eigenvalue weighted by atomic mass is 9.93. The average Bonchev–Trinajstić information content (AvgIpc) is 2.31. The molecule has 18 heavy (non-hydrogen) atoms. The van der Waals surface area contributed by atoms with Gasteiger partial charge < -0.3 is 21.9 Å². The fraction of sp³-hybridized carbons (Fsp3) is 0.462. The lowest BCUT2D eigenvalue weighted by Gasteiger charge is -2.26. The molecule has 0 unspecified atom stereocenters. The number of benzene rings is 1. The highest BCUT2D eigenvalue weighted by molar-refractivity contribution is 5.96. The van der Waals surface area contributed by atoms with Crippen LogP contribution in [0.15, 0.2) is 18.2 Å². The molecule has 1 aromatic rings. The van der Waals surface area contributed by atoms with Crippen LogP contribution in [-0.4, -0.2) is 23.2 Å². The summed E-state index contributed by atoms with van der Waals surface area (Å²) < 4.78 is 0. The van der Waals surface area contributed by atoms with E-state index < -0.39 is 0 Å². The Morgan fingerprint density at radius 3 is 2.22 bits per heavy atom. The van der Waals surface area contributed by atoms with Crippen molar-refractivity contribution >= 4 is 17.3 Å².